The Kier molecular flexibility index (Phi) is 7.52. The van der Waals surface area contributed by atoms with Crippen LogP contribution in [0.5, 0.6) is 0 Å². The third kappa shape index (κ3) is 4.87. The maximum Gasteiger partial charge on any atom is 0.254 e. The number of amides is 2. The molecule has 2 aliphatic rings. The van der Waals surface area contributed by atoms with Crippen molar-refractivity contribution in [1.82, 2.24) is 4.90 Å². The number of hydrogen-bond donors (Lipinski definition) is 2. The molecule has 1 aromatic carbocycles. The molecule has 3 unspecified atom stereocenters. The number of aryl methyl sites for hydroxylation is 1. The van der Waals surface area contributed by atoms with E-state index in [0.29, 0.717) is 11.6 Å². The first-order chi connectivity index (χ1) is 12.8. The molecule has 1 aliphatic carbocycles. The summed E-state index contributed by atoms with van der Waals surface area (Å²) in [5, 5.41) is 3.05. The lowest BCUT2D eigenvalue weighted by Gasteiger charge is -2.37. The lowest BCUT2D eigenvalue weighted by molar-refractivity contribution is -0.122. The van der Waals surface area contributed by atoms with Gasteiger partial charge in [-0.25, -0.2) is 0 Å². The summed E-state index contributed by atoms with van der Waals surface area (Å²) in [6.45, 7) is 6.86. The second-order valence-corrected chi connectivity index (χ2v) is 8.67. The molecular weight excluding hydrogens is 374 g/mol. The van der Waals surface area contributed by atoms with Crippen LogP contribution in [-0.4, -0.2) is 34.8 Å². The minimum Gasteiger partial charge on any atom is -0.336 e. The van der Waals surface area contributed by atoms with E-state index in [1.165, 1.54) is 6.42 Å². The number of carbonyl (C=O) groups excluding carboxylic acids is 2. The van der Waals surface area contributed by atoms with Crippen molar-refractivity contribution in [3.63, 3.8) is 0 Å². The Morgan fingerprint density at radius 3 is 2.54 bits per heavy atom. The van der Waals surface area contributed by atoms with Crippen LogP contribution in [0.25, 0.3) is 0 Å². The molecule has 1 saturated carbocycles. The van der Waals surface area contributed by atoms with Gasteiger partial charge in [0.25, 0.3) is 5.91 Å². The van der Waals surface area contributed by atoms with Gasteiger partial charge in [0, 0.05) is 29.4 Å². The van der Waals surface area contributed by atoms with Crippen LogP contribution in [0.4, 0.5) is 5.69 Å². The monoisotopic (exact) mass is 407 g/mol. The van der Waals surface area contributed by atoms with Crippen molar-refractivity contribution in [3.05, 3.63) is 29.3 Å². The second-order valence-electron chi connectivity index (χ2n) is 8.67. The zero-order valence-corrected chi connectivity index (χ0v) is 18.1. The molecule has 5 nitrogen and oxygen atoms in total. The number of hydrogen-bond acceptors (Lipinski definition) is 3. The highest BCUT2D eigenvalue weighted by atomic mass is 35.5. The standard InChI is InChI=1S/C22H33N3O2.ClH/c1-15-14-17(21(27)25-13-7-5-8-16(25)2)10-11-19(15)24-20(26)18-9-4-6-12-22(18,3)23;/h10-11,14,16,18H,4-9,12-13,23H2,1-3H3,(H,24,26);1H. The van der Waals surface area contributed by atoms with E-state index in [1.807, 2.05) is 36.9 Å². The quantitative estimate of drug-likeness (QED) is 0.785. The molecule has 2 fully saturated rings. The van der Waals surface area contributed by atoms with E-state index in [4.69, 9.17) is 5.73 Å². The van der Waals surface area contributed by atoms with Crippen LogP contribution in [0.2, 0.25) is 0 Å². The van der Waals surface area contributed by atoms with Crippen molar-refractivity contribution in [2.45, 2.75) is 77.3 Å². The molecule has 1 saturated heterocycles. The molecule has 0 aromatic heterocycles. The maximum atomic E-state index is 12.9. The summed E-state index contributed by atoms with van der Waals surface area (Å²) in [7, 11) is 0. The van der Waals surface area contributed by atoms with Crippen molar-refractivity contribution in [3.8, 4) is 0 Å². The van der Waals surface area contributed by atoms with Crippen LogP contribution in [0.1, 0.15) is 74.7 Å². The normalized spacial score (nSPS) is 27.6. The molecule has 3 atom stereocenters. The Morgan fingerprint density at radius 2 is 1.89 bits per heavy atom. The second kappa shape index (κ2) is 9.27. The molecular formula is C22H34ClN3O2. The van der Waals surface area contributed by atoms with Crippen molar-refractivity contribution in [1.29, 1.82) is 0 Å². The fourth-order valence-electron chi connectivity index (χ4n) is 4.51. The number of halogens is 1. The molecule has 1 heterocycles. The smallest absolute Gasteiger partial charge is 0.254 e. The predicted molar refractivity (Wildman–Crippen MR) is 116 cm³/mol. The lowest BCUT2D eigenvalue weighted by Crippen LogP contribution is -2.51. The molecule has 3 N–H and O–H groups in total. The Morgan fingerprint density at radius 1 is 1.18 bits per heavy atom. The van der Waals surface area contributed by atoms with Gasteiger partial charge in [-0.15, -0.1) is 12.4 Å². The number of nitrogens with two attached hydrogens (primary N) is 1. The molecule has 3 rings (SSSR count). The van der Waals surface area contributed by atoms with Crippen molar-refractivity contribution in [2.75, 3.05) is 11.9 Å². The van der Waals surface area contributed by atoms with Gasteiger partial charge in [0.2, 0.25) is 5.91 Å². The van der Waals surface area contributed by atoms with Gasteiger partial charge in [-0.3, -0.25) is 9.59 Å². The highest BCUT2D eigenvalue weighted by Crippen LogP contribution is 2.33. The van der Waals surface area contributed by atoms with Gasteiger partial charge in [-0.1, -0.05) is 12.8 Å². The van der Waals surface area contributed by atoms with E-state index in [1.54, 1.807) is 0 Å². The number of nitrogens with one attached hydrogen (secondary N) is 1. The van der Waals surface area contributed by atoms with Crippen LogP contribution < -0.4 is 11.1 Å². The van der Waals surface area contributed by atoms with Crippen molar-refractivity contribution >= 4 is 29.9 Å². The summed E-state index contributed by atoms with van der Waals surface area (Å²) >= 11 is 0. The average Bonchev–Trinajstić information content (AvgIpc) is 2.62. The molecule has 0 radical (unpaired) electrons. The van der Waals surface area contributed by atoms with E-state index in [0.717, 1.165) is 56.3 Å². The van der Waals surface area contributed by atoms with E-state index in [2.05, 4.69) is 12.2 Å². The average molecular weight is 408 g/mol. The zero-order chi connectivity index (χ0) is 19.6. The van der Waals surface area contributed by atoms with E-state index >= 15 is 0 Å². The van der Waals surface area contributed by atoms with E-state index < -0.39 is 5.54 Å². The van der Waals surface area contributed by atoms with Crippen LogP contribution in [0.3, 0.4) is 0 Å². The predicted octanol–water partition coefficient (Wildman–Crippen LogP) is 4.28. The summed E-state index contributed by atoms with van der Waals surface area (Å²) in [5.74, 6) is -0.0855. The SMILES string of the molecule is Cc1cc(C(=O)N2CCCCC2C)ccc1NC(=O)C1CCCCC1(C)N.Cl. The van der Waals surface area contributed by atoms with Gasteiger partial charge in [0.1, 0.15) is 0 Å². The maximum absolute atomic E-state index is 12.9. The van der Waals surface area contributed by atoms with Crippen LogP contribution >= 0.6 is 12.4 Å². The number of nitrogens with zero attached hydrogens (tertiary/aromatic N) is 1. The molecule has 156 valence electrons. The third-order valence-corrected chi connectivity index (χ3v) is 6.37. The Balaban J connectivity index is 0.00000280. The number of anilines is 1. The molecule has 6 heteroatoms. The first-order valence-corrected chi connectivity index (χ1v) is 10.3. The molecule has 1 aromatic rings. The Labute approximate surface area is 174 Å². The van der Waals surface area contributed by atoms with Crippen molar-refractivity contribution in [2.24, 2.45) is 11.7 Å². The van der Waals surface area contributed by atoms with Gasteiger partial charge in [0.15, 0.2) is 0 Å². The number of piperidine rings is 1. The molecule has 28 heavy (non-hydrogen) atoms. The minimum atomic E-state index is -0.448. The third-order valence-electron chi connectivity index (χ3n) is 6.37. The van der Waals surface area contributed by atoms with E-state index in [9.17, 15) is 9.59 Å². The fraction of sp³-hybridized carbons (Fsp3) is 0.636. The molecule has 0 spiro atoms. The topological polar surface area (TPSA) is 75.4 Å². The number of carbonyl (C=O) groups is 2. The number of likely N-dealkylation sites (tertiary alicyclic amines) is 1. The van der Waals surface area contributed by atoms with Gasteiger partial charge in [0.05, 0.1) is 5.92 Å². The summed E-state index contributed by atoms with van der Waals surface area (Å²) < 4.78 is 0. The van der Waals surface area contributed by atoms with E-state index in [-0.39, 0.29) is 30.1 Å². The highest BCUT2D eigenvalue weighted by molar-refractivity contribution is 5.97. The largest absolute Gasteiger partial charge is 0.336 e. The molecule has 2 amide bonds. The van der Waals surface area contributed by atoms with Gasteiger partial charge in [-0.05, 0) is 76.6 Å². The summed E-state index contributed by atoms with van der Waals surface area (Å²) in [4.78, 5) is 27.6. The summed E-state index contributed by atoms with van der Waals surface area (Å²) in [5.41, 5.74) is 8.29. The first-order valence-electron chi connectivity index (χ1n) is 10.3. The van der Waals surface area contributed by atoms with Crippen LogP contribution in [0, 0.1) is 12.8 Å². The fourth-order valence-corrected chi connectivity index (χ4v) is 4.51. The van der Waals surface area contributed by atoms with Crippen LogP contribution in [-0.2, 0) is 4.79 Å². The lowest BCUT2D eigenvalue weighted by atomic mass is 9.74. The first kappa shape index (κ1) is 22.7. The summed E-state index contributed by atoms with van der Waals surface area (Å²) in [6, 6.07) is 5.86. The van der Waals surface area contributed by atoms with Gasteiger partial charge in [-0.2, -0.15) is 0 Å². The zero-order valence-electron chi connectivity index (χ0n) is 17.3. The number of rotatable bonds is 3. The van der Waals surface area contributed by atoms with Crippen LogP contribution in [0.15, 0.2) is 18.2 Å². The molecule has 1 aliphatic heterocycles. The van der Waals surface area contributed by atoms with Gasteiger partial charge >= 0.3 is 0 Å². The highest BCUT2D eigenvalue weighted by Gasteiger charge is 2.37. The number of benzene rings is 1. The summed E-state index contributed by atoms with van der Waals surface area (Å²) in [6.07, 6.45) is 7.18. The minimum absolute atomic E-state index is 0. The Hall–Kier alpha value is -1.59. The molecule has 0 bridgehead atoms. The van der Waals surface area contributed by atoms with Crippen molar-refractivity contribution < 1.29 is 9.59 Å². The van der Waals surface area contributed by atoms with Gasteiger partial charge < -0.3 is 16.0 Å². The Bertz CT molecular complexity index is 720.